The highest BCUT2D eigenvalue weighted by molar-refractivity contribution is 7.14. The predicted molar refractivity (Wildman–Crippen MR) is 85.8 cm³/mol. The number of thiazole rings is 1. The molecule has 0 radical (unpaired) electrons. The van der Waals surface area contributed by atoms with Crippen LogP contribution in [-0.4, -0.2) is 39.0 Å². The molecule has 0 aromatic carbocycles. The molecule has 0 amide bonds. The highest BCUT2D eigenvalue weighted by Crippen LogP contribution is 2.31. The molecule has 1 aliphatic heterocycles. The Morgan fingerprint density at radius 3 is 3.13 bits per heavy atom. The van der Waals surface area contributed by atoms with Gasteiger partial charge in [-0.15, -0.1) is 11.3 Å². The average molecular weight is 329 g/mol. The van der Waals surface area contributed by atoms with E-state index in [1.54, 1.807) is 0 Å². The number of rotatable bonds is 5. The lowest BCUT2D eigenvalue weighted by molar-refractivity contribution is 0.0691. The van der Waals surface area contributed by atoms with E-state index in [0.29, 0.717) is 17.5 Å². The number of nitrogens with one attached hydrogen (secondary N) is 1. The van der Waals surface area contributed by atoms with Gasteiger partial charge in [-0.1, -0.05) is 6.07 Å². The third kappa shape index (κ3) is 3.47. The summed E-state index contributed by atoms with van der Waals surface area (Å²) >= 11 is 1.22. The van der Waals surface area contributed by atoms with Crippen molar-refractivity contribution in [2.75, 3.05) is 18.4 Å². The van der Waals surface area contributed by atoms with Crippen LogP contribution in [0.5, 0.6) is 0 Å². The van der Waals surface area contributed by atoms with Crippen LogP contribution in [0.2, 0.25) is 0 Å². The van der Waals surface area contributed by atoms with Gasteiger partial charge in [0.2, 0.25) is 0 Å². The van der Waals surface area contributed by atoms with Crippen molar-refractivity contribution >= 4 is 28.3 Å². The minimum absolute atomic E-state index is 0.0182. The maximum atomic E-state index is 10.9. The first-order chi connectivity index (χ1) is 11.2. The van der Waals surface area contributed by atoms with Gasteiger partial charge >= 0.3 is 5.97 Å². The second-order valence-electron chi connectivity index (χ2n) is 5.20. The Morgan fingerprint density at radius 1 is 1.52 bits per heavy atom. The molecule has 23 heavy (non-hydrogen) atoms. The Balaban J connectivity index is 1.77. The third-order valence-electron chi connectivity index (χ3n) is 3.71. The van der Waals surface area contributed by atoms with Gasteiger partial charge in [-0.2, -0.15) is 5.26 Å². The molecule has 2 aromatic heterocycles. The number of aromatic carboxylic acids is 1. The summed E-state index contributed by atoms with van der Waals surface area (Å²) < 4.78 is 0. The zero-order valence-corrected chi connectivity index (χ0v) is 13.1. The second kappa shape index (κ2) is 6.73. The first-order valence-corrected chi connectivity index (χ1v) is 8.09. The van der Waals surface area contributed by atoms with Crippen molar-refractivity contribution < 1.29 is 9.90 Å². The van der Waals surface area contributed by atoms with Crippen molar-refractivity contribution in [3.8, 4) is 6.07 Å². The van der Waals surface area contributed by atoms with Crippen LogP contribution in [0.4, 0.5) is 10.9 Å². The molecule has 1 fully saturated rings. The van der Waals surface area contributed by atoms with E-state index < -0.39 is 5.97 Å². The summed E-state index contributed by atoms with van der Waals surface area (Å²) in [7, 11) is 0. The molecule has 3 rings (SSSR count). The number of carboxylic acids is 1. The van der Waals surface area contributed by atoms with E-state index in [1.807, 2.05) is 18.2 Å². The number of pyridine rings is 1. The molecule has 0 aliphatic carbocycles. The minimum atomic E-state index is -1.05. The summed E-state index contributed by atoms with van der Waals surface area (Å²) in [4.78, 5) is 21.6. The van der Waals surface area contributed by atoms with Crippen LogP contribution < -0.4 is 5.32 Å². The quantitative estimate of drug-likeness (QED) is 0.813. The molecule has 0 bridgehead atoms. The first-order valence-electron chi connectivity index (χ1n) is 7.21. The zero-order valence-electron chi connectivity index (χ0n) is 12.3. The highest BCUT2D eigenvalue weighted by atomic mass is 32.1. The number of carboxylic acid groups (broad SMARTS) is 1. The number of nitriles is 1. The maximum absolute atomic E-state index is 10.9. The largest absolute Gasteiger partial charge is 0.476 e. The molecule has 3 heterocycles. The fourth-order valence-corrected chi connectivity index (χ4v) is 3.38. The summed E-state index contributed by atoms with van der Waals surface area (Å²) in [6, 6.07) is 8.02. The Hall–Kier alpha value is -2.50. The van der Waals surface area contributed by atoms with E-state index in [4.69, 9.17) is 10.4 Å². The zero-order chi connectivity index (χ0) is 16.2. The van der Waals surface area contributed by atoms with E-state index in [-0.39, 0.29) is 11.7 Å². The van der Waals surface area contributed by atoms with Gasteiger partial charge in [0, 0.05) is 5.38 Å². The van der Waals surface area contributed by atoms with E-state index in [1.165, 1.54) is 16.7 Å². The summed E-state index contributed by atoms with van der Waals surface area (Å²) in [6.45, 7) is 1.31. The predicted octanol–water partition coefficient (Wildman–Crippen LogP) is 2.64. The van der Waals surface area contributed by atoms with Gasteiger partial charge in [-0.05, 0) is 31.5 Å². The van der Waals surface area contributed by atoms with Crippen LogP contribution in [-0.2, 0) is 0 Å². The number of hydrogen-bond acceptors (Lipinski definition) is 7. The molecule has 1 saturated heterocycles. The van der Waals surface area contributed by atoms with Crippen molar-refractivity contribution in [3.63, 3.8) is 0 Å². The molecule has 1 atom stereocenters. The SMILES string of the molecule is N#CCN1CCC[C@H]1c1cccc(Nc2nc(C(=O)O)cs2)n1. The Kier molecular flexibility index (Phi) is 4.50. The van der Waals surface area contributed by atoms with Crippen LogP contribution in [0, 0.1) is 11.3 Å². The van der Waals surface area contributed by atoms with E-state index in [9.17, 15) is 4.79 Å². The monoisotopic (exact) mass is 329 g/mol. The van der Waals surface area contributed by atoms with Gasteiger partial charge in [-0.25, -0.2) is 14.8 Å². The number of nitrogens with zero attached hydrogens (tertiary/aromatic N) is 4. The summed E-state index contributed by atoms with van der Waals surface area (Å²) in [5.41, 5.74) is 0.933. The van der Waals surface area contributed by atoms with Crippen molar-refractivity contribution in [1.29, 1.82) is 5.26 Å². The summed E-state index contributed by atoms with van der Waals surface area (Å²) in [5.74, 6) is -0.424. The lowest BCUT2D eigenvalue weighted by Gasteiger charge is -2.21. The molecule has 0 spiro atoms. The number of anilines is 2. The normalized spacial score (nSPS) is 17.8. The third-order valence-corrected chi connectivity index (χ3v) is 4.47. The molecule has 0 saturated carbocycles. The van der Waals surface area contributed by atoms with E-state index in [2.05, 4.69) is 26.3 Å². The van der Waals surface area contributed by atoms with Gasteiger partial charge in [0.05, 0.1) is 24.3 Å². The molecular weight excluding hydrogens is 314 g/mol. The summed E-state index contributed by atoms with van der Waals surface area (Å²) in [5, 5.41) is 22.8. The number of aromatic nitrogens is 2. The lowest BCUT2D eigenvalue weighted by atomic mass is 10.1. The standard InChI is InChI=1S/C15H15N5O2S/c16-6-8-20-7-2-4-12(20)10-3-1-5-13(17-10)19-15-18-11(9-23-15)14(21)22/h1,3,5,9,12H,2,4,7-8H2,(H,21,22)(H,17,18,19)/t12-/m0/s1. The van der Waals surface area contributed by atoms with Crippen LogP contribution >= 0.6 is 11.3 Å². The fourth-order valence-electron chi connectivity index (χ4n) is 2.69. The number of hydrogen-bond donors (Lipinski definition) is 2. The Bertz CT molecular complexity index is 754. The van der Waals surface area contributed by atoms with Crippen LogP contribution in [0.25, 0.3) is 0 Å². The van der Waals surface area contributed by atoms with Crippen LogP contribution in [0.3, 0.4) is 0 Å². The molecule has 8 heteroatoms. The van der Waals surface area contributed by atoms with Crippen molar-refractivity contribution in [3.05, 3.63) is 35.0 Å². The molecule has 1 aliphatic rings. The molecule has 0 unspecified atom stereocenters. The van der Waals surface area contributed by atoms with E-state index in [0.717, 1.165) is 25.1 Å². The number of likely N-dealkylation sites (tertiary alicyclic amines) is 1. The van der Waals surface area contributed by atoms with Gasteiger partial charge in [-0.3, -0.25) is 4.90 Å². The average Bonchev–Trinajstić information content (AvgIpc) is 3.17. The Morgan fingerprint density at radius 2 is 2.39 bits per heavy atom. The maximum Gasteiger partial charge on any atom is 0.355 e. The highest BCUT2D eigenvalue weighted by Gasteiger charge is 2.26. The summed E-state index contributed by atoms with van der Waals surface area (Å²) in [6.07, 6.45) is 2.04. The fraction of sp³-hybridized carbons (Fsp3) is 0.333. The minimum Gasteiger partial charge on any atom is -0.476 e. The number of carbonyl (C=O) groups is 1. The Labute approximate surface area is 137 Å². The molecule has 2 aromatic rings. The smallest absolute Gasteiger partial charge is 0.355 e. The first kappa shape index (κ1) is 15.4. The van der Waals surface area contributed by atoms with Gasteiger partial charge in [0.1, 0.15) is 5.82 Å². The van der Waals surface area contributed by atoms with Crippen LogP contribution in [0.1, 0.15) is 35.1 Å². The molecule has 2 N–H and O–H groups in total. The van der Waals surface area contributed by atoms with Gasteiger partial charge < -0.3 is 10.4 Å². The second-order valence-corrected chi connectivity index (χ2v) is 6.06. The van der Waals surface area contributed by atoms with Gasteiger partial charge in [0.15, 0.2) is 10.8 Å². The topological polar surface area (TPSA) is 102 Å². The van der Waals surface area contributed by atoms with Crippen molar-refractivity contribution in [2.45, 2.75) is 18.9 Å². The van der Waals surface area contributed by atoms with Crippen molar-refractivity contribution in [1.82, 2.24) is 14.9 Å². The van der Waals surface area contributed by atoms with Crippen molar-refractivity contribution in [2.24, 2.45) is 0 Å². The lowest BCUT2D eigenvalue weighted by Crippen LogP contribution is -2.24. The van der Waals surface area contributed by atoms with Gasteiger partial charge in [0.25, 0.3) is 0 Å². The molecular formula is C15H15N5O2S. The van der Waals surface area contributed by atoms with E-state index >= 15 is 0 Å². The molecule has 118 valence electrons. The molecule has 7 nitrogen and oxygen atoms in total. The van der Waals surface area contributed by atoms with Crippen LogP contribution in [0.15, 0.2) is 23.6 Å².